The third-order valence-corrected chi connectivity index (χ3v) is 3.18. The van der Waals surface area contributed by atoms with Crippen LogP contribution in [-0.4, -0.2) is 34.1 Å². The van der Waals surface area contributed by atoms with E-state index in [1.54, 1.807) is 6.92 Å². The van der Waals surface area contributed by atoms with E-state index in [1.165, 1.54) is 0 Å². The van der Waals surface area contributed by atoms with Gasteiger partial charge in [-0.05, 0) is 32.6 Å². The van der Waals surface area contributed by atoms with E-state index in [0.29, 0.717) is 36.8 Å². The van der Waals surface area contributed by atoms with Gasteiger partial charge in [-0.1, -0.05) is 0 Å². The van der Waals surface area contributed by atoms with Crippen LogP contribution in [0.15, 0.2) is 4.79 Å². The summed E-state index contributed by atoms with van der Waals surface area (Å²) in [6, 6.07) is 0. The van der Waals surface area contributed by atoms with Crippen LogP contribution in [0.5, 0.6) is 0 Å². The van der Waals surface area contributed by atoms with Crippen molar-refractivity contribution < 1.29 is 9.90 Å². The van der Waals surface area contributed by atoms with Crippen molar-refractivity contribution in [2.75, 3.05) is 13.2 Å². The van der Waals surface area contributed by atoms with Gasteiger partial charge < -0.3 is 15.4 Å². The number of aromatic nitrogens is 2. The molecule has 0 aromatic carbocycles. The molecule has 0 radical (unpaired) electrons. The lowest BCUT2D eigenvalue weighted by molar-refractivity contribution is 0.0949. The molecule has 1 fully saturated rings. The Labute approximate surface area is 111 Å². The van der Waals surface area contributed by atoms with Gasteiger partial charge >= 0.3 is 0 Å². The lowest BCUT2D eigenvalue weighted by Gasteiger charge is -2.07. The van der Waals surface area contributed by atoms with Crippen LogP contribution in [0.1, 0.15) is 53.5 Å². The average molecular weight is 265 g/mol. The van der Waals surface area contributed by atoms with Crippen LogP contribution >= 0.6 is 0 Å². The Morgan fingerprint density at radius 3 is 2.79 bits per heavy atom. The molecule has 6 heteroatoms. The summed E-state index contributed by atoms with van der Waals surface area (Å²) in [7, 11) is 0. The number of rotatable bonds is 6. The van der Waals surface area contributed by atoms with Crippen LogP contribution < -0.4 is 10.9 Å². The summed E-state index contributed by atoms with van der Waals surface area (Å²) in [4.78, 5) is 30.8. The fraction of sp³-hybridized carbons (Fsp3) is 0.615. The highest BCUT2D eigenvalue weighted by molar-refractivity contribution is 5.94. The molecule has 0 spiro atoms. The van der Waals surface area contributed by atoms with E-state index in [2.05, 4.69) is 15.3 Å². The van der Waals surface area contributed by atoms with Crippen molar-refractivity contribution in [3.05, 3.63) is 27.4 Å². The van der Waals surface area contributed by atoms with E-state index in [1.807, 2.05) is 0 Å². The Balaban J connectivity index is 2.06. The number of hydrogen-bond donors (Lipinski definition) is 3. The Kier molecular flexibility index (Phi) is 4.31. The Morgan fingerprint density at radius 1 is 1.47 bits per heavy atom. The molecule has 6 nitrogen and oxygen atoms in total. The summed E-state index contributed by atoms with van der Waals surface area (Å²) in [5.41, 5.74) is 0.202. The van der Waals surface area contributed by atoms with Gasteiger partial charge in [-0.15, -0.1) is 0 Å². The molecule has 1 saturated carbocycles. The number of unbranched alkanes of at least 4 members (excludes halogenated alkanes) is 1. The summed E-state index contributed by atoms with van der Waals surface area (Å²) >= 11 is 0. The fourth-order valence-electron chi connectivity index (χ4n) is 1.95. The van der Waals surface area contributed by atoms with Gasteiger partial charge in [0.05, 0.1) is 5.69 Å². The molecule has 1 heterocycles. The first kappa shape index (κ1) is 13.7. The third kappa shape index (κ3) is 3.41. The number of carbonyl (C=O) groups excluding carboxylic acids is 1. The van der Waals surface area contributed by atoms with Gasteiger partial charge in [-0.2, -0.15) is 0 Å². The summed E-state index contributed by atoms with van der Waals surface area (Å²) in [6.07, 6.45) is 3.42. The van der Waals surface area contributed by atoms with Gasteiger partial charge in [0.1, 0.15) is 11.4 Å². The Hall–Kier alpha value is -1.69. The molecule has 1 aliphatic carbocycles. The molecule has 1 aromatic rings. The number of aromatic amines is 1. The number of aliphatic hydroxyl groups is 1. The molecule has 3 N–H and O–H groups in total. The summed E-state index contributed by atoms with van der Waals surface area (Å²) in [5, 5.41) is 11.3. The maximum absolute atomic E-state index is 11.9. The second-order valence-electron chi connectivity index (χ2n) is 4.87. The van der Waals surface area contributed by atoms with Gasteiger partial charge in [-0.3, -0.25) is 9.59 Å². The number of hydrogen-bond acceptors (Lipinski definition) is 4. The second-order valence-corrected chi connectivity index (χ2v) is 4.87. The molecular formula is C13H19N3O3. The van der Waals surface area contributed by atoms with Crippen LogP contribution in [-0.2, 0) is 0 Å². The van der Waals surface area contributed by atoms with Crippen molar-refractivity contribution >= 4 is 5.91 Å². The zero-order valence-corrected chi connectivity index (χ0v) is 11.0. The summed E-state index contributed by atoms with van der Waals surface area (Å²) in [6.45, 7) is 2.24. The maximum Gasteiger partial charge on any atom is 0.264 e. The molecule has 0 atom stereocenters. The van der Waals surface area contributed by atoms with Crippen LogP contribution in [0.25, 0.3) is 0 Å². The SMILES string of the molecule is Cc1nc(C2CC2)[nH]c(=O)c1C(=O)NCCCCO. The lowest BCUT2D eigenvalue weighted by Crippen LogP contribution is -2.32. The van der Waals surface area contributed by atoms with Gasteiger partial charge in [0, 0.05) is 19.1 Å². The van der Waals surface area contributed by atoms with E-state index < -0.39 is 5.91 Å². The molecule has 0 bridgehead atoms. The Morgan fingerprint density at radius 2 is 2.21 bits per heavy atom. The molecule has 1 aromatic heterocycles. The predicted molar refractivity (Wildman–Crippen MR) is 70.2 cm³/mol. The van der Waals surface area contributed by atoms with Crippen LogP contribution in [0.4, 0.5) is 0 Å². The molecule has 0 saturated heterocycles. The van der Waals surface area contributed by atoms with E-state index in [0.717, 1.165) is 12.8 Å². The largest absolute Gasteiger partial charge is 0.396 e. The predicted octanol–water partition coefficient (Wildman–Crippen LogP) is 0.458. The standard InChI is InChI=1S/C13H19N3O3/c1-8-10(12(18)14-6-2-3-7-17)13(19)16-11(15-8)9-4-5-9/h9,17H,2-7H2,1H3,(H,14,18)(H,15,16,19). The second kappa shape index (κ2) is 5.97. The number of aryl methyl sites for hydroxylation is 1. The van der Waals surface area contributed by atoms with E-state index in [9.17, 15) is 9.59 Å². The number of nitrogens with one attached hydrogen (secondary N) is 2. The first-order valence-electron chi connectivity index (χ1n) is 6.63. The lowest BCUT2D eigenvalue weighted by atomic mass is 10.2. The molecule has 0 unspecified atom stereocenters. The molecule has 1 amide bonds. The zero-order chi connectivity index (χ0) is 13.8. The molecule has 104 valence electrons. The van der Waals surface area contributed by atoms with Gasteiger partial charge in [0.25, 0.3) is 11.5 Å². The van der Waals surface area contributed by atoms with E-state index >= 15 is 0 Å². The molecule has 19 heavy (non-hydrogen) atoms. The number of aliphatic hydroxyl groups excluding tert-OH is 1. The van der Waals surface area contributed by atoms with Crippen molar-refractivity contribution in [2.45, 2.75) is 38.5 Å². The normalized spacial score (nSPS) is 14.4. The number of nitrogens with zero attached hydrogens (tertiary/aromatic N) is 1. The average Bonchev–Trinajstić information content (AvgIpc) is 3.18. The number of amides is 1. The van der Waals surface area contributed by atoms with Crippen LogP contribution in [0, 0.1) is 6.92 Å². The van der Waals surface area contributed by atoms with Crippen molar-refractivity contribution in [3.63, 3.8) is 0 Å². The van der Waals surface area contributed by atoms with Gasteiger partial charge in [0.2, 0.25) is 0 Å². The minimum Gasteiger partial charge on any atom is -0.396 e. The fourth-order valence-corrected chi connectivity index (χ4v) is 1.95. The van der Waals surface area contributed by atoms with Gasteiger partial charge in [-0.25, -0.2) is 4.98 Å². The quantitative estimate of drug-likeness (QED) is 0.651. The van der Waals surface area contributed by atoms with Crippen molar-refractivity contribution in [3.8, 4) is 0 Å². The highest BCUT2D eigenvalue weighted by atomic mass is 16.3. The highest BCUT2D eigenvalue weighted by Gasteiger charge is 2.27. The summed E-state index contributed by atoms with van der Waals surface area (Å²) < 4.78 is 0. The topological polar surface area (TPSA) is 95.1 Å². The van der Waals surface area contributed by atoms with Crippen molar-refractivity contribution in [2.24, 2.45) is 0 Å². The molecule has 1 aliphatic rings. The van der Waals surface area contributed by atoms with Crippen molar-refractivity contribution in [1.82, 2.24) is 15.3 Å². The number of H-pyrrole nitrogens is 1. The smallest absolute Gasteiger partial charge is 0.264 e. The number of carbonyl (C=O) groups is 1. The molecular weight excluding hydrogens is 246 g/mol. The summed E-state index contributed by atoms with van der Waals surface area (Å²) in [5.74, 6) is 0.652. The van der Waals surface area contributed by atoms with Crippen LogP contribution in [0.3, 0.4) is 0 Å². The van der Waals surface area contributed by atoms with Crippen molar-refractivity contribution in [1.29, 1.82) is 0 Å². The Bertz CT molecular complexity index is 520. The maximum atomic E-state index is 11.9. The molecule has 0 aliphatic heterocycles. The van der Waals surface area contributed by atoms with Crippen LogP contribution in [0.2, 0.25) is 0 Å². The first-order chi connectivity index (χ1) is 9.13. The van der Waals surface area contributed by atoms with Gasteiger partial charge in [0.15, 0.2) is 0 Å². The van der Waals surface area contributed by atoms with E-state index in [4.69, 9.17) is 5.11 Å². The first-order valence-corrected chi connectivity index (χ1v) is 6.63. The molecule has 2 rings (SSSR count). The highest BCUT2D eigenvalue weighted by Crippen LogP contribution is 2.37. The third-order valence-electron chi connectivity index (χ3n) is 3.18. The zero-order valence-electron chi connectivity index (χ0n) is 11.0. The minimum atomic E-state index is -0.397. The van der Waals surface area contributed by atoms with E-state index in [-0.39, 0.29) is 17.7 Å². The monoisotopic (exact) mass is 265 g/mol. The minimum absolute atomic E-state index is 0.0911.